The van der Waals surface area contributed by atoms with Crippen molar-refractivity contribution in [3.63, 3.8) is 0 Å². The summed E-state index contributed by atoms with van der Waals surface area (Å²) in [4.78, 5) is 11.2. The standard InChI is InChI=1S/C23H34O2Si/c1-2-3-7-16-26(22-8-5-4-6-9-22)17-14-20(15-18-26)19-10-12-21(13-11-19)23(24)25/h2,4-6,8-9,19-21H,1,3,7,10-18H2,(H,24,25). The molecule has 0 atom stereocenters. The Labute approximate surface area is 159 Å². The Hall–Kier alpha value is -1.35. The van der Waals surface area contributed by atoms with Gasteiger partial charge in [-0.3, -0.25) is 4.79 Å². The number of carbonyl (C=O) groups is 1. The number of allylic oxidation sites excluding steroid dienone is 1. The van der Waals surface area contributed by atoms with Crippen LogP contribution < -0.4 is 5.19 Å². The summed E-state index contributed by atoms with van der Waals surface area (Å²) in [6.07, 6.45) is 11.3. The zero-order valence-corrected chi connectivity index (χ0v) is 17.0. The van der Waals surface area contributed by atoms with Crippen LogP contribution in [0.1, 0.15) is 51.4 Å². The molecule has 0 bridgehead atoms. The third-order valence-electron chi connectivity index (χ3n) is 7.22. The Morgan fingerprint density at radius 3 is 2.23 bits per heavy atom. The van der Waals surface area contributed by atoms with Gasteiger partial charge in [0.15, 0.2) is 0 Å². The molecule has 1 aromatic rings. The molecule has 1 heterocycles. The lowest BCUT2D eigenvalue weighted by atomic mass is 9.74. The maximum Gasteiger partial charge on any atom is 0.306 e. The van der Waals surface area contributed by atoms with Crippen LogP contribution in [0.15, 0.2) is 43.0 Å². The molecule has 0 amide bonds. The average molecular weight is 371 g/mol. The summed E-state index contributed by atoms with van der Waals surface area (Å²) < 4.78 is 0. The summed E-state index contributed by atoms with van der Waals surface area (Å²) >= 11 is 0. The van der Waals surface area contributed by atoms with Crippen molar-refractivity contribution in [1.29, 1.82) is 0 Å². The van der Waals surface area contributed by atoms with Crippen molar-refractivity contribution in [3.05, 3.63) is 43.0 Å². The van der Waals surface area contributed by atoms with Crippen molar-refractivity contribution >= 4 is 19.2 Å². The Kier molecular flexibility index (Phi) is 6.74. The summed E-state index contributed by atoms with van der Waals surface area (Å²) in [5.74, 6) is 0.964. The van der Waals surface area contributed by atoms with Gasteiger partial charge in [-0.1, -0.05) is 79.0 Å². The van der Waals surface area contributed by atoms with Crippen LogP contribution in [0.4, 0.5) is 0 Å². The molecule has 26 heavy (non-hydrogen) atoms. The SMILES string of the molecule is C=CCCC[Si]1(c2ccccc2)CCC(C2CCC(C(=O)O)CC2)CC1. The summed E-state index contributed by atoms with van der Waals surface area (Å²) in [7, 11) is -1.37. The second-order valence-corrected chi connectivity index (χ2v) is 13.3. The first kappa shape index (κ1) is 19.4. The molecule has 1 aliphatic carbocycles. The Balaban J connectivity index is 1.61. The highest BCUT2D eigenvalue weighted by atomic mass is 28.3. The van der Waals surface area contributed by atoms with Crippen LogP contribution in [0.3, 0.4) is 0 Å². The zero-order valence-electron chi connectivity index (χ0n) is 16.0. The molecule has 0 unspecified atom stereocenters. The first-order valence-corrected chi connectivity index (χ1v) is 13.2. The minimum Gasteiger partial charge on any atom is -0.481 e. The monoisotopic (exact) mass is 370 g/mol. The number of hydrogen-bond donors (Lipinski definition) is 1. The van der Waals surface area contributed by atoms with Gasteiger partial charge in [0.25, 0.3) is 0 Å². The summed E-state index contributed by atoms with van der Waals surface area (Å²) in [6.45, 7) is 3.90. The van der Waals surface area contributed by atoms with Crippen LogP contribution in [0, 0.1) is 17.8 Å². The number of hydrogen-bond acceptors (Lipinski definition) is 1. The molecule has 3 rings (SSSR count). The lowest BCUT2D eigenvalue weighted by molar-refractivity contribution is -0.143. The van der Waals surface area contributed by atoms with E-state index in [1.807, 2.05) is 0 Å². The molecule has 1 saturated carbocycles. The third-order valence-corrected chi connectivity index (χ3v) is 12.6. The second kappa shape index (κ2) is 9.03. The molecule has 1 aliphatic heterocycles. The maximum absolute atomic E-state index is 11.2. The topological polar surface area (TPSA) is 37.3 Å². The van der Waals surface area contributed by atoms with Gasteiger partial charge in [0.05, 0.1) is 14.0 Å². The van der Waals surface area contributed by atoms with E-state index in [1.54, 1.807) is 5.19 Å². The number of carboxylic acid groups (broad SMARTS) is 1. The van der Waals surface area contributed by atoms with Crippen LogP contribution in [-0.2, 0) is 4.79 Å². The molecule has 2 nitrogen and oxygen atoms in total. The molecule has 0 radical (unpaired) electrons. The van der Waals surface area contributed by atoms with Gasteiger partial charge in [-0.2, -0.15) is 0 Å². The van der Waals surface area contributed by atoms with Crippen LogP contribution in [-0.4, -0.2) is 19.1 Å². The van der Waals surface area contributed by atoms with Crippen molar-refractivity contribution in [1.82, 2.24) is 0 Å². The van der Waals surface area contributed by atoms with E-state index in [9.17, 15) is 9.90 Å². The fourth-order valence-corrected chi connectivity index (χ4v) is 10.8. The lowest BCUT2D eigenvalue weighted by Crippen LogP contribution is -2.50. The molecule has 2 aliphatic rings. The first-order valence-electron chi connectivity index (χ1n) is 10.5. The van der Waals surface area contributed by atoms with Crippen molar-refractivity contribution in [2.45, 2.75) is 69.5 Å². The van der Waals surface area contributed by atoms with Crippen molar-refractivity contribution in [2.24, 2.45) is 17.8 Å². The number of unbranched alkanes of at least 4 members (excludes halogenated alkanes) is 1. The highest BCUT2D eigenvalue weighted by Gasteiger charge is 2.41. The van der Waals surface area contributed by atoms with Crippen LogP contribution in [0.25, 0.3) is 0 Å². The van der Waals surface area contributed by atoms with Gasteiger partial charge in [-0.15, -0.1) is 6.58 Å². The molecule has 0 spiro atoms. The van der Waals surface area contributed by atoms with Gasteiger partial charge in [0.1, 0.15) is 0 Å². The number of benzene rings is 1. The molecule has 3 heteroatoms. The van der Waals surface area contributed by atoms with E-state index < -0.39 is 14.0 Å². The molecule has 2 fully saturated rings. The van der Waals surface area contributed by atoms with E-state index in [-0.39, 0.29) is 5.92 Å². The average Bonchev–Trinajstić information content (AvgIpc) is 2.69. The van der Waals surface area contributed by atoms with Crippen LogP contribution >= 0.6 is 0 Å². The quantitative estimate of drug-likeness (QED) is 0.385. The predicted octanol–water partition coefficient (Wildman–Crippen LogP) is 5.61. The number of carboxylic acids is 1. The minimum absolute atomic E-state index is 0.0773. The third kappa shape index (κ3) is 4.48. The molecular weight excluding hydrogens is 336 g/mol. The fourth-order valence-electron chi connectivity index (χ4n) is 5.56. The van der Waals surface area contributed by atoms with E-state index in [2.05, 4.69) is 43.0 Å². The number of rotatable bonds is 7. The van der Waals surface area contributed by atoms with Gasteiger partial charge in [0.2, 0.25) is 0 Å². The van der Waals surface area contributed by atoms with Crippen molar-refractivity contribution in [2.75, 3.05) is 0 Å². The van der Waals surface area contributed by atoms with Gasteiger partial charge in [0, 0.05) is 0 Å². The van der Waals surface area contributed by atoms with Gasteiger partial charge in [-0.25, -0.2) is 0 Å². The molecule has 1 saturated heterocycles. The van der Waals surface area contributed by atoms with Crippen molar-refractivity contribution in [3.8, 4) is 0 Å². The highest BCUT2D eigenvalue weighted by molar-refractivity contribution is 6.92. The van der Waals surface area contributed by atoms with Gasteiger partial charge in [-0.05, 0) is 43.9 Å². The number of aliphatic carboxylic acids is 1. The molecular formula is C23H34O2Si. The van der Waals surface area contributed by atoms with E-state index >= 15 is 0 Å². The smallest absolute Gasteiger partial charge is 0.306 e. The molecule has 0 aromatic heterocycles. The predicted molar refractivity (Wildman–Crippen MR) is 111 cm³/mol. The van der Waals surface area contributed by atoms with Gasteiger partial charge >= 0.3 is 5.97 Å². The fraction of sp³-hybridized carbons (Fsp3) is 0.609. The lowest BCUT2D eigenvalue weighted by Gasteiger charge is -2.43. The van der Waals surface area contributed by atoms with E-state index in [0.717, 1.165) is 43.9 Å². The Morgan fingerprint density at radius 2 is 1.65 bits per heavy atom. The van der Waals surface area contributed by atoms with Gasteiger partial charge < -0.3 is 5.11 Å². The van der Waals surface area contributed by atoms with Crippen LogP contribution in [0.5, 0.6) is 0 Å². The van der Waals surface area contributed by atoms with Crippen molar-refractivity contribution < 1.29 is 9.90 Å². The van der Waals surface area contributed by atoms with E-state index in [1.165, 1.54) is 37.4 Å². The van der Waals surface area contributed by atoms with E-state index in [0.29, 0.717) is 0 Å². The van der Waals surface area contributed by atoms with E-state index in [4.69, 9.17) is 0 Å². The summed E-state index contributed by atoms with van der Waals surface area (Å²) in [5, 5.41) is 10.9. The zero-order chi connectivity index (χ0) is 18.4. The largest absolute Gasteiger partial charge is 0.481 e. The summed E-state index contributed by atoms with van der Waals surface area (Å²) in [5.41, 5.74) is 0. The van der Waals surface area contributed by atoms with Crippen LogP contribution in [0.2, 0.25) is 18.1 Å². The Morgan fingerprint density at radius 1 is 1.04 bits per heavy atom. The highest BCUT2D eigenvalue weighted by Crippen LogP contribution is 2.44. The molecule has 1 aromatic carbocycles. The summed E-state index contributed by atoms with van der Waals surface area (Å²) in [6, 6.07) is 15.6. The maximum atomic E-state index is 11.2. The first-order chi connectivity index (χ1) is 12.6. The Bertz CT molecular complexity index is 581. The normalized spacial score (nSPS) is 32.1. The molecule has 1 N–H and O–H groups in total. The minimum atomic E-state index is -1.37. The second-order valence-electron chi connectivity index (χ2n) is 8.61. The molecule has 142 valence electrons.